The van der Waals surface area contributed by atoms with Crippen LogP contribution in [0, 0.1) is 10.1 Å². The van der Waals surface area contributed by atoms with Gasteiger partial charge in [0.2, 0.25) is 5.91 Å². The summed E-state index contributed by atoms with van der Waals surface area (Å²) >= 11 is 0. The second-order valence-electron chi connectivity index (χ2n) is 7.61. The highest BCUT2D eigenvalue weighted by atomic mass is 16.6. The fourth-order valence-electron chi connectivity index (χ4n) is 3.85. The number of hydrogen-bond acceptors (Lipinski definition) is 6. The van der Waals surface area contributed by atoms with Crippen molar-refractivity contribution in [2.75, 3.05) is 10.2 Å². The molecular formula is C25H19N3O6. The lowest BCUT2D eigenvalue weighted by Gasteiger charge is -2.25. The molecule has 4 rings (SSSR count). The Balaban J connectivity index is 1.84. The van der Waals surface area contributed by atoms with Crippen molar-refractivity contribution in [3.63, 3.8) is 0 Å². The molecule has 0 radical (unpaired) electrons. The molecule has 1 unspecified atom stereocenters. The van der Waals surface area contributed by atoms with Crippen LogP contribution in [-0.4, -0.2) is 27.6 Å². The fraction of sp³-hybridized carbons (Fsp3) is 0.0800. The van der Waals surface area contributed by atoms with Gasteiger partial charge in [0.15, 0.2) is 0 Å². The maximum atomic E-state index is 13.1. The average molecular weight is 457 g/mol. The van der Waals surface area contributed by atoms with Crippen LogP contribution in [0.15, 0.2) is 84.4 Å². The van der Waals surface area contributed by atoms with Gasteiger partial charge in [0.05, 0.1) is 16.5 Å². The topological polar surface area (TPSA) is 130 Å². The summed E-state index contributed by atoms with van der Waals surface area (Å²) in [4.78, 5) is 49.2. The molecule has 1 heterocycles. The molecule has 0 aromatic heterocycles. The second-order valence-corrected chi connectivity index (χ2v) is 7.61. The number of Topliss-reactive ketones (excluding diaryl/α,β-unsaturated/α-hetero) is 1. The largest absolute Gasteiger partial charge is 0.507 e. The minimum atomic E-state index is -0.928. The summed E-state index contributed by atoms with van der Waals surface area (Å²) in [5.74, 6) is -2.39. The number of ketones is 1. The summed E-state index contributed by atoms with van der Waals surface area (Å²) in [6, 6.07) is 19.3. The molecule has 0 spiro atoms. The zero-order valence-electron chi connectivity index (χ0n) is 18.0. The standard InChI is InChI=1S/C25H19N3O6/c1-15(29)26-18-9-13-19(14-10-18)27-22(16-5-3-2-4-6-16)21(24(31)25(27)32)23(30)17-7-11-20(12-8-17)28(33)34/h2-14,22,30H,1H3,(H,26,29). The van der Waals surface area contributed by atoms with Crippen LogP contribution in [0.4, 0.5) is 17.1 Å². The molecule has 1 atom stereocenters. The molecule has 0 bridgehead atoms. The molecule has 9 heteroatoms. The predicted molar refractivity (Wildman–Crippen MR) is 125 cm³/mol. The lowest BCUT2D eigenvalue weighted by atomic mass is 9.95. The number of nitro benzene ring substituents is 1. The highest BCUT2D eigenvalue weighted by molar-refractivity contribution is 6.51. The van der Waals surface area contributed by atoms with Gasteiger partial charge in [-0.15, -0.1) is 0 Å². The zero-order chi connectivity index (χ0) is 24.4. The van der Waals surface area contributed by atoms with Gasteiger partial charge in [-0.05, 0) is 42.0 Å². The third kappa shape index (κ3) is 4.14. The molecular weight excluding hydrogens is 438 g/mol. The van der Waals surface area contributed by atoms with Crippen molar-refractivity contribution < 1.29 is 24.4 Å². The number of amides is 2. The van der Waals surface area contributed by atoms with E-state index in [0.717, 1.165) is 0 Å². The Labute approximate surface area is 194 Å². The van der Waals surface area contributed by atoms with Gasteiger partial charge in [-0.1, -0.05) is 30.3 Å². The molecule has 1 aliphatic heterocycles. The highest BCUT2D eigenvalue weighted by Crippen LogP contribution is 2.42. The average Bonchev–Trinajstić information content (AvgIpc) is 3.10. The summed E-state index contributed by atoms with van der Waals surface area (Å²) in [5.41, 5.74) is 1.39. The van der Waals surface area contributed by atoms with Gasteiger partial charge >= 0.3 is 0 Å². The second kappa shape index (κ2) is 8.99. The Bertz CT molecular complexity index is 1320. The Hall–Kier alpha value is -4.79. The number of nitrogens with zero attached hydrogens (tertiary/aromatic N) is 2. The van der Waals surface area contributed by atoms with Crippen molar-refractivity contribution in [2.45, 2.75) is 13.0 Å². The molecule has 1 aliphatic rings. The van der Waals surface area contributed by atoms with Crippen LogP contribution >= 0.6 is 0 Å². The van der Waals surface area contributed by atoms with E-state index in [4.69, 9.17) is 0 Å². The van der Waals surface area contributed by atoms with Gasteiger partial charge < -0.3 is 10.4 Å². The molecule has 9 nitrogen and oxygen atoms in total. The lowest BCUT2D eigenvalue weighted by molar-refractivity contribution is -0.384. The number of nitro groups is 1. The number of aliphatic hydroxyl groups excluding tert-OH is 1. The van der Waals surface area contributed by atoms with Gasteiger partial charge in [0, 0.05) is 36.0 Å². The molecule has 2 amide bonds. The van der Waals surface area contributed by atoms with Crippen molar-refractivity contribution in [1.29, 1.82) is 0 Å². The van der Waals surface area contributed by atoms with E-state index in [1.165, 1.54) is 36.1 Å². The number of rotatable bonds is 5. The number of carbonyl (C=O) groups is 3. The molecule has 34 heavy (non-hydrogen) atoms. The summed E-state index contributed by atoms with van der Waals surface area (Å²) < 4.78 is 0. The number of benzene rings is 3. The van der Waals surface area contributed by atoms with Crippen LogP contribution in [0.5, 0.6) is 0 Å². The van der Waals surface area contributed by atoms with Gasteiger partial charge in [-0.25, -0.2) is 0 Å². The Morgan fingerprint density at radius 1 is 0.971 bits per heavy atom. The molecule has 2 N–H and O–H groups in total. The van der Waals surface area contributed by atoms with Crippen molar-refractivity contribution in [3.05, 3.63) is 106 Å². The van der Waals surface area contributed by atoms with Crippen LogP contribution in [0.25, 0.3) is 5.76 Å². The van der Waals surface area contributed by atoms with Gasteiger partial charge in [-0.2, -0.15) is 0 Å². The third-order valence-corrected chi connectivity index (χ3v) is 5.38. The molecule has 3 aromatic carbocycles. The number of non-ortho nitro benzene ring substituents is 1. The normalized spacial score (nSPS) is 17.0. The van der Waals surface area contributed by atoms with E-state index < -0.39 is 28.4 Å². The first-order chi connectivity index (χ1) is 16.3. The van der Waals surface area contributed by atoms with E-state index in [0.29, 0.717) is 16.9 Å². The first kappa shape index (κ1) is 22.4. The molecule has 0 saturated carbocycles. The number of aliphatic hydroxyl groups is 1. The minimum Gasteiger partial charge on any atom is -0.507 e. The minimum absolute atomic E-state index is 0.129. The molecule has 3 aromatic rings. The van der Waals surface area contributed by atoms with Gasteiger partial charge in [0.25, 0.3) is 17.4 Å². The maximum Gasteiger partial charge on any atom is 0.300 e. The van der Waals surface area contributed by atoms with E-state index in [9.17, 15) is 29.6 Å². The first-order valence-electron chi connectivity index (χ1n) is 10.3. The zero-order valence-corrected chi connectivity index (χ0v) is 18.0. The van der Waals surface area contributed by atoms with Crippen molar-refractivity contribution in [2.24, 2.45) is 0 Å². The van der Waals surface area contributed by atoms with E-state index in [-0.39, 0.29) is 22.7 Å². The van der Waals surface area contributed by atoms with Crippen molar-refractivity contribution in [1.82, 2.24) is 0 Å². The molecule has 1 saturated heterocycles. The SMILES string of the molecule is CC(=O)Nc1ccc(N2C(=O)C(=O)C(=C(O)c3ccc([N+](=O)[O-])cc3)C2c2ccccc2)cc1. The fourth-order valence-corrected chi connectivity index (χ4v) is 3.85. The summed E-state index contributed by atoms with van der Waals surface area (Å²) in [6.45, 7) is 1.38. The Morgan fingerprint density at radius 2 is 1.59 bits per heavy atom. The number of anilines is 2. The van der Waals surface area contributed by atoms with Crippen molar-refractivity contribution >= 4 is 40.4 Å². The summed E-state index contributed by atoms with van der Waals surface area (Å²) in [5, 5.41) is 24.6. The highest BCUT2D eigenvalue weighted by Gasteiger charge is 2.46. The smallest absolute Gasteiger partial charge is 0.300 e. The quantitative estimate of drug-likeness (QED) is 0.194. The monoisotopic (exact) mass is 457 g/mol. The van der Waals surface area contributed by atoms with Crippen LogP contribution in [0.2, 0.25) is 0 Å². The van der Waals surface area contributed by atoms with Crippen LogP contribution < -0.4 is 10.2 Å². The van der Waals surface area contributed by atoms with Gasteiger partial charge in [-0.3, -0.25) is 29.4 Å². The van der Waals surface area contributed by atoms with Crippen LogP contribution in [0.1, 0.15) is 24.1 Å². The van der Waals surface area contributed by atoms with E-state index >= 15 is 0 Å². The first-order valence-corrected chi connectivity index (χ1v) is 10.3. The number of hydrogen-bond donors (Lipinski definition) is 2. The van der Waals surface area contributed by atoms with E-state index in [1.54, 1.807) is 54.6 Å². The van der Waals surface area contributed by atoms with Crippen LogP contribution in [-0.2, 0) is 14.4 Å². The summed E-state index contributed by atoms with van der Waals surface area (Å²) in [7, 11) is 0. The molecule has 170 valence electrons. The van der Waals surface area contributed by atoms with Crippen molar-refractivity contribution in [3.8, 4) is 0 Å². The van der Waals surface area contributed by atoms with Gasteiger partial charge in [0.1, 0.15) is 5.76 Å². The molecule has 0 aliphatic carbocycles. The Morgan fingerprint density at radius 3 is 2.15 bits per heavy atom. The van der Waals surface area contributed by atoms with E-state index in [1.807, 2.05) is 0 Å². The number of carbonyl (C=O) groups excluding carboxylic acids is 3. The summed E-state index contributed by atoms with van der Waals surface area (Å²) in [6.07, 6.45) is 0. The number of nitrogens with one attached hydrogen (secondary N) is 1. The predicted octanol–water partition coefficient (Wildman–Crippen LogP) is 4.18. The lowest BCUT2D eigenvalue weighted by Crippen LogP contribution is -2.29. The Kier molecular flexibility index (Phi) is 5.92. The maximum absolute atomic E-state index is 13.1. The molecule has 1 fully saturated rings. The van der Waals surface area contributed by atoms with Crippen LogP contribution in [0.3, 0.4) is 0 Å². The third-order valence-electron chi connectivity index (χ3n) is 5.38. The van der Waals surface area contributed by atoms with E-state index in [2.05, 4.69) is 5.32 Å².